The predicted molar refractivity (Wildman–Crippen MR) is 66.2 cm³/mol. The Labute approximate surface area is 125 Å². The van der Waals surface area contributed by atoms with E-state index < -0.39 is 46.4 Å². The summed E-state index contributed by atoms with van der Waals surface area (Å²) >= 11 is 0. The topological polar surface area (TPSA) is 50.2 Å². The Morgan fingerprint density at radius 3 is 2.22 bits per heavy atom. The number of carboxylic acids is 1. The maximum Gasteiger partial charge on any atom is 0.416 e. The van der Waals surface area contributed by atoms with Gasteiger partial charge in [0.15, 0.2) is 0 Å². The van der Waals surface area contributed by atoms with Gasteiger partial charge in [-0.05, 0) is 30.3 Å². The van der Waals surface area contributed by atoms with Gasteiger partial charge in [0.05, 0.1) is 11.3 Å². The fraction of sp³-hybridized carbons (Fsp3) is 0.143. The molecule has 0 saturated heterocycles. The van der Waals surface area contributed by atoms with Crippen molar-refractivity contribution in [1.82, 2.24) is 4.98 Å². The average molecular weight is 335 g/mol. The van der Waals surface area contributed by atoms with Gasteiger partial charge in [0.2, 0.25) is 0 Å². The van der Waals surface area contributed by atoms with Gasteiger partial charge in [0.1, 0.15) is 11.5 Å². The van der Waals surface area contributed by atoms with E-state index in [-0.39, 0.29) is 6.07 Å². The Bertz CT molecular complexity index is 757. The first-order chi connectivity index (χ1) is 10.5. The van der Waals surface area contributed by atoms with Crippen molar-refractivity contribution in [2.75, 3.05) is 0 Å². The number of halogens is 6. The number of hydrogen-bond acceptors (Lipinski definition) is 2. The van der Waals surface area contributed by atoms with Gasteiger partial charge in [-0.2, -0.15) is 22.0 Å². The maximum atomic E-state index is 13.8. The molecule has 0 aliphatic rings. The number of nitrogens with zero attached hydrogens (tertiary/aromatic N) is 1. The standard InChI is InChI=1S/C14H7F6NO2/c15-9-6-7(14(18,19)20)4-5-8(9)10-2-1-3-11(21-10)13(16,17)12(22)23/h1-6H,(H,22,23). The molecule has 0 radical (unpaired) electrons. The van der Waals surface area contributed by atoms with Gasteiger partial charge >= 0.3 is 18.1 Å². The van der Waals surface area contributed by atoms with Crippen molar-refractivity contribution in [3.05, 3.63) is 53.5 Å². The first-order valence-corrected chi connectivity index (χ1v) is 5.99. The van der Waals surface area contributed by atoms with Crippen molar-refractivity contribution in [1.29, 1.82) is 0 Å². The zero-order chi connectivity index (χ0) is 17.4. The molecule has 9 heteroatoms. The number of benzene rings is 1. The fourth-order valence-corrected chi connectivity index (χ4v) is 1.77. The molecule has 0 fully saturated rings. The molecule has 3 nitrogen and oxygen atoms in total. The lowest BCUT2D eigenvalue weighted by molar-refractivity contribution is -0.166. The van der Waals surface area contributed by atoms with Crippen molar-refractivity contribution < 1.29 is 36.2 Å². The molecule has 0 unspecified atom stereocenters. The molecule has 0 spiro atoms. The molecule has 2 rings (SSSR count). The van der Waals surface area contributed by atoms with Gasteiger partial charge < -0.3 is 5.11 Å². The molecular weight excluding hydrogens is 328 g/mol. The second-order valence-corrected chi connectivity index (χ2v) is 4.48. The Morgan fingerprint density at radius 2 is 1.70 bits per heavy atom. The lowest BCUT2D eigenvalue weighted by Crippen LogP contribution is -2.26. The normalized spacial score (nSPS) is 12.3. The highest BCUT2D eigenvalue weighted by Crippen LogP contribution is 2.33. The average Bonchev–Trinajstić information content (AvgIpc) is 2.46. The number of alkyl halides is 5. The zero-order valence-corrected chi connectivity index (χ0v) is 11.0. The number of aliphatic carboxylic acids is 1. The van der Waals surface area contributed by atoms with E-state index in [0.717, 1.165) is 24.3 Å². The number of aromatic nitrogens is 1. The number of carboxylic acid groups (broad SMARTS) is 1. The van der Waals surface area contributed by atoms with E-state index in [1.807, 2.05) is 0 Å². The van der Waals surface area contributed by atoms with Crippen LogP contribution in [0.1, 0.15) is 11.3 Å². The van der Waals surface area contributed by atoms with Crippen molar-refractivity contribution in [2.45, 2.75) is 12.1 Å². The van der Waals surface area contributed by atoms with Crippen LogP contribution in [0, 0.1) is 5.82 Å². The number of hydrogen-bond donors (Lipinski definition) is 1. The van der Waals surface area contributed by atoms with Gasteiger partial charge in [-0.1, -0.05) is 6.07 Å². The quantitative estimate of drug-likeness (QED) is 0.860. The molecule has 0 atom stereocenters. The summed E-state index contributed by atoms with van der Waals surface area (Å²) in [4.78, 5) is 13.8. The highest BCUT2D eigenvalue weighted by atomic mass is 19.4. The Hall–Kier alpha value is -2.58. The van der Waals surface area contributed by atoms with Crippen LogP contribution in [0.5, 0.6) is 0 Å². The van der Waals surface area contributed by atoms with Crippen molar-refractivity contribution in [3.8, 4) is 11.3 Å². The van der Waals surface area contributed by atoms with Crippen molar-refractivity contribution in [2.24, 2.45) is 0 Å². The zero-order valence-electron chi connectivity index (χ0n) is 11.0. The number of pyridine rings is 1. The summed E-state index contributed by atoms with van der Waals surface area (Å²) in [6, 6.07) is 4.32. The molecule has 0 bridgehead atoms. The summed E-state index contributed by atoms with van der Waals surface area (Å²) in [5.41, 5.74) is -3.26. The van der Waals surface area contributed by atoms with Crippen LogP contribution in [-0.4, -0.2) is 16.1 Å². The fourth-order valence-electron chi connectivity index (χ4n) is 1.77. The molecule has 0 aliphatic heterocycles. The molecule has 0 aliphatic carbocycles. The second kappa shape index (κ2) is 5.56. The first-order valence-electron chi connectivity index (χ1n) is 5.99. The highest BCUT2D eigenvalue weighted by Gasteiger charge is 2.42. The molecule has 2 aromatic rings. The van der Waals surface area contributed by atoms with E-state index in [9.17, 15) is 31.1 Å². The van der Waals surface area contributed by atoms with Crippen LogP contribution in [0.2, 0.25) is 0 Å². The summed E-state index contributed by atoms with van der Waals surface area (Å²) in [6.45, 7) is 0. The van der Waals surface area contributed by atoms with E-state index in [1.54, 1.807) is 0 Å². The molecule has 0 amide bonds. The third-order valence-electron chi connectivity index (χ3n) is 2.91. The van der Waals surface area contributed by atoms with Crippen LogP contribution in [0.25, 0.3) is 11.3 Å². The second-order valence-electron chi connectivity index (χ2n) is 4.48. The van der Waals surface area contributed by atoms with E-state index in [1.165, 1.54) is 0 Å². The highest BCUT2D eigenvalue weighted by molar-refractivity contribution is 5.77. The number of rotatable bonds is 3. The minimum absolute atomic E-state index is 0.207. The van der Waals surface area contributed by atoms with Crippen LogP contribution in [0.3, 0.4) is 0 Å². The van der Waals surface area contributed by atoms with Crippen LogP contribution in [-0.2, 0) is 16.9 Å². The van der Waals surface area contributed by atoms with E-state index in [0.29, 0.717) is 6.07 Å². The summed E-state index contributed by atoms with van der Waals surface area (Å²) < 4.78 is 78.0. The van der Waals surface area contributed by atoms with Gasteiger partial charge in [-0.3, -0.25) is 0 Å². The molecule has 122 valence electrons. The van der Waals surface area contributed by atoms with Crippen LogP contribution >= 0.6 is 0 Å². The van der Waals surface area contributed by atoms with E-state index in [4.69, 9.17) is 5.11 Å². The van der Waals surface area contributed by atoms with Crippen LogP contribution in [0.15, 0.2) is 36.4 Å². The minimum Gasteiger partial charge on any atom is -0.476 e. The lowest BCUT2D eigenvalue weighted by atomic mass is 10.1. The largest absolute Gasteiger partial charge is 0.476 e. The SMILES string of the molecule is O=C(O)C(F)(F)c1cccc(-c2ccc(C(F)(F)F)cc2F)n1. The monoisotopic (exact) mass is 335 g/mol. The summed E-state index contributed by atoms with van der Waals surface area (Å²) in [7, 11) is 0. The summed E-state index contributed by atoms with van der Waals surface area (Å²) in [5, 5.41) is 8.45. The predicted octanol–water partition coefficient (Wildman–Crippen LogP) is 4.08. The molecule has 1 N–H and O–H groups in total. The van der Waals surface area contributed by atoms with Crippen molar-refractivity contribution in [3.63, 3.8) is 0 Å². The Morgan fingerprint density at radius 1 is 1.04 bits per heavy atom. The molecular formula is C14H7F6NO2. The van der Waals surface area contributed by atoms with Gasteiger partial charge in [0.25, 0.3) is 0 Å². The lowest BCUT2D eigenvalue weighted by Gasteiger charge is -2.13. The third-order valence-corrected chi connectivity index (χ3v) is 2.91. The molecule has 0 saturated carbocycles. The van der Waals surface area contributed by atoms with Crippen LogP contribution in [0.4, 0.5) is 26.3 Å². The molecule has 1 aromatic heterocycles. The number of carbonyl (C=O) groups is 1. The van der Waals surface area contributed by atoms with Crippen LogP contribution < -0.4 is 0 Å². The Kier molecular flexibility index (Phi) is 4.06. The van der Waals surface area contributed by atoms with Gasteiger partial charge in [-0.15, -0.1) is 0 Å². The summed E-state index contributed by atoms with van der Waals surface area (Å²) in [6.07, 6.45) is -4.76. The first kappa shape index (κ1) is 16.8. The Balaban J connectivity index is 2.50. The summed E-state index contributed by atoms with van der Waals surface area (Å²) in [5.74, 6) is -8.07. The van der Waals surface area contributed by atoms with E-state index >= 15 is 0 Å². The third kappa shape index (κ3) is 3.27. The smallest absolute Gasteiger partial charge is 0.416 e. The maximum absolute atomic E-state index is 13.8. The minimum atomic E-state index is -4.76. The van der Waals surface area contributed by atoms with E-state index in [2.05, 4.69) is 4.98 Å². The molecule has 23 heavy (non-hydrogen) atoms. The van der Waals surface area contributed by atoms with Gasteiger partial charge in [-0.25, -0.2) is 14.2 Å². The molecule has 1 aromatic carbocycles. The van der Waals surface area contributed by atoms with Gasteiger partial charge in [0, 0.05) is 5.56 Å². The van der Waals surface area contributed by atoms with Crippen molar-refractivity contribution >= 4 is 5.97 Å². The molecule has 1 heterocycles.